The monoisotopic (exact) mass is 262 g/mol. The molecule has 0 saturated heterocycles. The van der Waals surface area contributed by atoms with Crippen molar-refractivity contribution in [3.8, 4) is 5.75 Å². The Morgan fingerprint density at radius 2 is 2.28 bits per heavy atom. The van der Waals surface area contributed by atoms with Crippen molar-refractivity contribution in [2.75, 3.05) is 7.11 Å². The standard InChI is InChI=1S/C14H18N2OS/c1-9(10-3-4-10)8-16-13-7-11(17-2)5-6-12(13)15-14(16)18/h5-7,9-10H,3-4,8H2,1-2H3,(H,15,18). The molecule has 1 aliphatic carbocycles. The Morgan fingerprint density at radius 3 is 2.94 bits per heavy atom. The highest BCUT2D eigenvalue weighted by Crippen LogP contribution is 2.37. The summed E-state index contributed by atoms with van der Waals surface area (Å²) in [5, 5.41) is 0. The molecule has 1 aromatic carbocycles. The summed E-state index contributed by atoms with van der Waals surface area (Å²) in [6, 6.07) is 6.05. The van der Waals surface area contributed by atoms with Crippen molar-refractivity contribution >= 4 is 23.3 Å². The zero-order valence-electron chi connectivity index (χ0n) is 10.8. The second-order valence-corrected chi connectivity index (χ2v) is 5.63. The molecule has 1 aromatic heterocycles. The molecular weight excluding hydrogens is 244 g/mol. The number of hydrogen-bond acceptors (Lipinski definition) is 2. The highest BCUT2D eigenvalue weighted by molar-refractivity contribution is 7.71. The van der Waals surface area contributed by atoms with Gasteiger partial charge in [-0.05, 0) is 49.0 Å². The lowest BCUT2D eigenvalue weighted by Gasteiger charge is -2.12. The third-order valence-electron chi connectivity index (χ3n) is 3.88. The third-order valence-corrected chi connectivity index (χ3v) is 4.20. The predicted octanol–water partition coefficient (Wildman–Crippen LogP) is 3.75. The van der Waals surface area contributed by atoms with Gasteiger partial charge in [-0.1, -0.05) is 6.92 Å². The van der Waals surface area contributed by atoms with E-state index in [4.69, 9.17) is 17.0 Å². The summed E-state index contributed by atoms with van der Waals surface area (Å²) < 4.78 is 8.31. The number of H-pyrrole nitrogens is 1. The highest BCUT2D eigenvalue weighted by atomic mass is 32.1. The molecule has 0 bridgehead atoms. The van der Waals surface area contributed by atoms with Crippen molar-refractivity contribution < 1.29 is 4.74 Å². The molecule has 1 heterocycles. The van der Waals surface area contributed by atoms with Crippen LogP contribution in [0.4, 0.5) is 0 Å². The lowest BCUT2D eigenvalue weighted by Crippen LogP contribution is -2.09. The van der Waals surface area contributed by atoms with Crippen LogP contribution in [0, 0.1) is 16.6 Å². The molecule has 3 rings (SSSR count). The minimum atomic E-state index is 0.696. The molecule has 1 atom stereocenters. The summed E-state index contributed by atoms with van der Waals surface area (Å²) in [6.45, 7) is 3.31. The van der Waals surface area contributed by atoms with Crippen LogP contribution in [0.15, 0.2) is 18.2 Å². The van der Waals surface area contributed by atoms with E-state index in [0.717, 1.165) is 34.0 Å². The van der Waals surface area contributed by atoms with Crippen LogP contribution in [0.1, 0.15) is 19.8 Å². The Labute approximate surface area is 112 Å². The summed E-state index contributed by atoms with van der Waals surface area (Å²) in [7, 11) is 1.69. The van der Waals surface area contributed by atoms with Gasteiger partial charge in [-0.15, -0.1) is 0 Å². The summed E-state index contributed by atoms with van der Waals surface area (Å²) in [5.41, 5.74) is 2.23. The number of aromatic amines is 1. The van der Waals surface area contributed by atoms with Gasteiger partial charge in [-0.25, -0.2) is 0 Å². The van der Waals surface area contributed by atoms with Crippen LogP contribution in [-0.4, -0.2) is 16.7 Å². The molecule has 18 heavy (non-hydrogen) atoms. The maximum absolute atomic E-state index is 5.42. The molecule has 1 fully saturated rings. The number of ether oxygens (including phenoxy) is 1. The molecule has 1 aliphatic rings. The van der Waals surface area contributed by atoms with Crippen LogP contribution < -0.4 is 4.74 Å². The Morgan fingerprint density at radius 1 is 1.50 bits per heavy atom. The first kappa shape index (κ1) is 11.8. The quantitative estimate of drug-likeness (QED) is 0.850. The zero-order valence-corrected chi connectivity index (χ0v) is 11.6. The Bertz CT molecular complexity index is 624. The molecule has 96 valence electrons. The third kappa shape index (κ3) is 2.05. The van der Waals surface area contributed by atoms with Gasteiger partial charge >= 0.3 is 0 Å². The summed E-state index contributed by atoms with van der Waals surface area (Å²) >= 11 is 5.42. The van der Waals surface area contributed by atoms with Gasteiger partial charge in [-0.2, -0.15) is 0 Å². The average molecular weight is 262 g/mol. The van der Waals surface area contributed by atoms with Gasteiger partial charge in [0.2, 0.25) is 0 Å². The molecule has 2 aromatic rings. The first-order chi connectivity index (χ1) is 8.69. The average Bonchev–Trinajstić information content (AvgIpc) is 3.16. The molecule has 0 spiro atoms. The summed E-state index contributed by atoms with van der Waals surface area (Å²) in [6.07, 6.45) is 2.75. The van der Waals surface area contributed by atoms with Gasteiger partial charge < -0.3 is 14.3 Å². The van der Waals surface area contributed by atoms with Crippen LogP contribution >= 0.6 is 12.2 Å². The predicted molar refractivity (Wildman–Crippen MR) is 75.6 cm³/mol. The zero-order chi connectivity index (χ0) is 12.7. The molecule has 0 aliphatic heterocycles. The van der Waals surface area contributed by atoms with Crippen molar-refractivity contribution in [3.05, 3.63) is 23.0 Å². The Hall–Kier alpha value is -1.29. The number of methoxy groups -OCH3 is 1. The molecule has 4 heteroatoms. The van der Waals surface area contributed by atoms with Crippen molar-refractivity contribution in [3.63, 3.8) is 0 Å². The maximum atomic E-state index is 5.42. The van der Waals surface area contributed by atoms with Gasteiger partial charge in [0, 0.05) is 12.6 Å². The number of hydrogen-bond donors (Lipinski definition) is 1. The molecule has 1 N–H and O–H groups in total. The molecule has 1 unspecified atom stereocenters. The van der Waals surface area contributed by atoms with Gasteiger partial charge in [0.25, 0.3) is 0 Å². The minimum absolute atomic E-state index is 0.696. The Balaban J connectivity index is 2.02. The van der Waals surface area contributed by atoms with Crippen molar-refractivity contribution in [2.45, 2.75) is 26.3 Å². The number of rotatable bonds is 4. The molecule has 1 saturated carbocycles. The van der Waals surface area contributed by atoms with Crippen LogP contribution in [0.25, 0.3) is 11.0 Å². The van der Waals surface area contributed by atoms with E-state index >= 15 is 0 Å². The van der Waals surface area contributed by atoms with Gasteiger partial charge in [-0.3, -0.25) is 0 Å². The first-order valence-corrected chi connectivity index (χ1v) is 6.86. The second kappa shape index (κ2) is 4.43. The highest BCUT2D eigenvalue weighted by Gasteiger charge is 2.28. The maximum Gasteiger partial charge on any atom is 0.178 e. The van der Waals surface area contributed by atoms with E-state index in [0.29, 0.717) is 5.92 Å². The van der Waals surface area contributed by atoms with Crippen molar-refractivity contribution in [1.82, 2.24) is 9.55 Å². The van der Waals surface area contributed by atoms with E-state index < -0.39 is 0 Å². The lowest BCUT2D eigenvalue weighted by atomic mass is 10.1. The number of nitrogens with one attached hydrogen (secondary N) is 1. The molecule has 3 nitrogen and oxygen atoms in total. The second-order valence-electron chi connectivity index (χ2n) is 5.24. The van der Waals surface area contributed by atoms with Crippen molar-refractivity contribution in [2.24, 2.45) is 11.8 Å². The fraction of sp³-hybridized carbons (Fsp3) is 0.500. The van der Waals surface area contributed by atoms with Gasteiger partial charge in [0.1, 0.15) is 5.75 Å². The molecule has 0 amide bonds. The normalized spacial score (nSPS) is 17.0. The van der Waals surface area contributed by atoms with E-state index in [-0.39, 0.29) is 0 Å². The van der Waals surface area contributed by atoms with E-state index in [1.807, 2.05) is 12.1 Å². The first-order valence-electron chi connectivity index (χ1n) is 6.45. The smallest absolute Gasteiger partial charge is 0.178 e. The fourth-order valence-electron chi connectivity index (χ4n) is 2.54. The van der Waals surface area contributed by atoms with E-state index in [1.54, 1.807) is 7.11 Å². The van der Waals surface area contributed by atoms with E-state index in [2.05, 4.69) is 22.5 Å². The van der Waals surface area contributed by atoms with E-state index in [9.17, 15) is 0 Å². The number of aromatic nitrogens is 2. The summed E-state index contributed by atoms with van der Waals surface area (Å²) in [5.74, 6) is 2.47. The topological polar surface area (TPSA) is 29.9 Å². The van der Waals surface area contributed by atoms with Gasteiger partial charge in [0.15, 0.2) is 4.77 Å². The molecule has 0 radical (unpaired) electrons. The van der Waals surface area contributed by atoms with Gasteiger partial charge in [0.05, 0.1) is 18.1 Å². The lowest BCUT2D eigenvalue weighted by molar-refractivity contribution is 0.414. The number of imidazole rings is 1. The Kier molecular flexibility index (Phi) is 2.90. The van der Waals surface area contributed by atoms with Crippen molar-refractivity contribution in [1.29, 1.82) is 0 Å². The van der Waals surface area contributed by atoms with E-state index in [1.165, 1.54) is 12.8 Å². The number of fused-ring (bicyclic) bond motifs is 1. The van der Waals surface area contributed by atoms with Crippen LogP contribution in [-0.2, 0) is 6.54 Å². The molecular formula is C14H18N2OS. The fourth-order valence-corrected chi connectivity index (χ4v) is 2.83. The van der Waals surface area contributed by atoms with Crippen LogP contribution in [0.3, 0.4) is 0 Å². The SMILES string of the molecule is COc1ccc2[nH]c(=S)n(CC(C)C3CC3)c2c1. The van der Waals surface area contributed by atoms with Crippen LogP contribution in [0.2, 0.25) is 0 Å². The summed E-state index contributed by atoms with van der Waals surface area (Å²) in [4.78, 5) is 3.27. The van der Waals surface area contributed by atoms with Crippen LogP contribution in [0.5, 0.6) is 5.75 Å². The number of nitrogens with zero attached hydrogens (tertiary/aromatic N) is 1. The number of benzene rings is 1. The largest absolute Gasteiger partial charge is 0.497 e. The minimum Gasteiger partial charge on any atom is -0.497 e.